The first-order valence-corrected chi connectivity index (χ1v) is 9.75. The molecule has 2 rings (SSSR count). The average Bonchev–Trinajstić information content (AvgIpc) is 2.61. The van der Waals surface area contributed by atoms with E-state index >= 15 is 0 Å². The third-order valence-corrected chi connectivity index (χ3v) is 5.08. The minimum absolute atomic E-state index is 0.000667. The predicted molar refractivity (Wildman–Crippen MR) is 104 cm³/mol. The van der Waals surface area contributed by atoms with Crippen molar-refractivity contribution < 1.29 is 14.3 Å². The Morgan fingerprint density at radius 3 is 2.42 bits per heavy atom. The number of carbonyl (C=O) groups excluding carboxylic acids is 2. The molecule has 0 unspecified atom stereocenters. The van der Waals surface area contributed by atoms with Gasteiger partial charge in [0, 0.05) is 5.92 Å². The zero-order chi connectivity index (χ0) is 19.1. The van der Waals surface area contributed by atoms with Gasteiger partial charge in [-0.15, -0.1) is 0 Å². The molecule has 1 aliphatic carbocycles. The van der Waals surface area contributed by atoms with Gasteiger partial charge in [-0.2, -0.15) is 0 Å². The molecule has 2 amide bonds. The molecule has 0 bridgehead atoms. The fraction of sp³-hybridized carbons (Fsp3) is 0.619. The molecule has 1 atom stereocenters. The summed E-state index contributed by atoms with van der Waals surface area (Å²) in [5.74, 6) is 1.15. The molecule has 144 valence electrons. The normalized spacial score (nSPS) is 21.1. The van der Waals surface area contributed by atoms with Crippen molar-refractivity contribution in [1.82, 2.24) is 5.32 Å². The first kappa shape index (κ1) is 20.3. The van der Waals surface area contributed by atoms with Gasteiger partial charge >= 0.3 is 0 Å². The van der Waals surface area contributed by atoms with Crippen LogP contribution in [0.15, 0.2) is 24.3 Å². The molecule has 1 fully saturated rings. The van der Waals surface area contributed by atoms with Gasteiger partial charge in [0.2, 0.25) is 11.8 Å². The molecular formula is C21H32N2O3. The van der Waals surface area contributed by atoms with Crippen LogP contribution >= 0.6 is 0 Å². The summed E-state index contributed by atoms with van der Waals surface area (Å²) in [7, 11) is 0. The van der Waals surface area contributed by atoms with Crippen molar-refractivity contribution in [3.63, 3.8) is 0 Å². The second kappa shape index (κ2) is 9.60. The molecule has 0 spiro atoms. The molecule has 1 aromatic carbocycles. The van der Waals surface area contributed by atoms with E-state index in [1.54, 1.807) is 0 Å². The minimum atomic E-state index is -0.559. The highest BCUT2D eigenvalue weighted by Gasteiger charge is 2.30. The van der Waals surface area contributed by atoms with Crippen LogP contribution in [0.1, 0.15) is 53.4 Å². The van der Waals surface area contributed by atoms with Gasteiger partial charge in [-0.25, -0.2) is 0 Å². The molecule has 0 aliphatic heterocycles. The van der Waals surface area contributed by atoms with E-state index in [4.69, 9.17) is 4.74 Å². The van der Waals surface area contributed by atoms with Gasteiger partial charge in [-0.3, -0.25) is 9.59 Å². The third-order valence-electron chi connectivity index (χ3n) is 5.08. The van der Waals surface area contributed by atoms with Crippen LogP contribution in [0, 0.1) is 17.8 Å². The van der Waals surface area contributed by atoms with E-state index in [1.165, 1.54) is 0 Å². The largest absolute Gasteiger partial charge is 0.492 e. The summed E-state index contributed by atoms with van der Waals surface area (Å²) in [4.78, 5) is 25.4. The lowest BCUT2D eigenvalue weighted by Gasteiger charge is -2.28. The van der Waals surface area contributed by atoms with Gasteiger partial charge in [0.1, 0.15) is 11.8 Å². The molecule has 2 N–H and O–H groups in total. The topological polar surface area (TPSA) is 67.4 Å². The Kier molecular flexibility index (Phi) is 7.49. The van der Waals surface area contributed by atoms with Gasteiger partial charge < -0.3 is 15.4 Å². The number of carbonyl (C=O) groups is 2. The summed E-state index contributed by atoms with van der Waals surface area (Å²) in [6.45, 7) is 8.55. The molecule has 1 aromatic rings. The molecular weight excluding hydrogens is 328 g/mol. The molecule has 1 saturated carbocycles. The maximum Gasteiger partial charge on any atom is 0.247 e. The SMILES string of the molecule is CCOc1ccccc1NC(=O)[C@@H](NC(=O)C1CCC(C)CC1)C(C)C. The van der Waals surface area contributed by atoms with Gasteiger partial charge in [-0.05, 0) is 56.6 Å². The average molecular weight is 360 g/mol. The lowest BCUT2D eigenvalue weighted by Crippen LogP contribution is -2.49. The van der Waals surface area contributed by atoms with Crippen molar-refractivity contribution in [2.24, 2.45) is 17.8 Å². The lowest BCUT2D eigenvalue weighted by atomic mass is 9.82. The van der Waals surface area contributed by atoms with Crippen molar-refractivity contribution in [2.45, 2.75) is 59.4 Å². The van der Waals surface area contributed by atoms with E-state index in [9.17, 15) is 9.59 Å². The van der Waals surface area contributed by atoms with Gasteiger partial charge in [0.05, 0.1) is 12.3 Å². The van der Waals surface area contributed by atoms with Crippen molar-refractivity contribution >= 4 is 17.5 Å². The Labute approximate surface area is 156 Å². The van der Waals surface area contributed by atoms with Gasteiger partial charge in [0.15, 0.2) is 0 Å². The number of nitrogens with one attached hydrogen (secondary N) is 2. The van der Waals surface area contributed by atoms with Crippen molar-refractivity contribution in [2.75, 3.05) is 11.9 Å². The Balaban J connectivity index is 2.02. The highest BCUT2D eigenvalue weighted by atomic mass is 16.5. The summed E-state index contributed by atoms with van der Waals surface area (Å²) in [5, 5.41) is 5.89. The quantitative estimate of drug-likeness (QED) is 0.772. The van der Waals surface area contributed by atoms with Crippen LogP contribution < -0.4 is 15.4 Å². The number of rotatable bonds is 7. The maximum atomic E-state index is 12.8. The summed E-state index contributed by atoms with van der Waals surface area (Å²) in [6.07, 6.45) is 3.98. The second-order valence-electron chi connectivity index (χ2n) is 7.61. The Bertz CT molecular complexity index is 607. The molecule has 1 aliphatic rings. The number of anilines is 1. The molecule has 0 saturated heterocycles. The zero-order valence-corrected chi connectivity index (χ0v) is 16.4. The summed E-state index contributed by atoms with van der Waals surface area (Å²) >= 11 is 0. The highest BCUT2D eigenvalue weighted by molar-refractivity contribution is 5.98. The fourth-order valence-electron chi connectivity index (χ4n) is 3.39. The van der Waals surface area contributed by atoms with Crippen LogP contribution in [-0.2, 0) is 9.59 Å². The summed E-state index contributed by atoms with van der Waals surface area (Å²) in [6, 6.07) is 6.80. The highest BCUT2D eigenvalue weighted by Crippen LogP contribution is 2.29. The fourth-order valence-corrected chi connectivity index (χ4v) is 3.39. The van der Waals surface area contributed by atoms with Crippen molar-refractivity contribution in [3.05, 3.63) is 24.3 Å². The van der Waals surface area contributed by atoms with E-state index in [-0.39, 0.29) is 23.7 Å². The Morgan fingerprint density at radius 1 is 1.15 bits per heavy atom. The van der Waals surface area contributed by atoms with Crippen LogP contribution in [-0.4, -0.2) is 24.5 Å². The standard InChI is InChI=1S/C21H32N2O3/c1-5-26-18-9-7-6-8-17(18)22-21(25)19(14(2)3)23-20(24)16-12-10-15(4)11-13-16/h6-9,14-16,19H,5,10-13H2,1-4H3,(H,22,25)(H,23,24)/t15?,16?,19-/m0/s1. The third kappa shape index (κ3) is 5.48. The molecule has 26 heavy (non-hydrogen) atoms. The molecule has 0 radical (unpaired) electrons. The van der Waals surface area contributed by atoms with E-state index in [1.807, 2.05) is 45.0 Å². The van der Waals surface area contributed by atoms with Gasteiger partial charge in [0.25, 0.3) is 0 Å². The summed E-state index contributed by atoms with van der Waals surface area (Å²) < 4.78 is 5.56. The molecule has 0 aromatic heterocycles. The van der Waals surface area contributed by atoms with Gasteiger partial charge in [-0.1, -0.05) is 32.9 Å². The number of amides is 2. The van der Waals surface area contributed by atoms with Crippen LogP contribution in [0.25, 0.3) is 0 Å². The van der Waals surface area contributed by atoms with Crippen LogP contribution in [0.2, 0.25) is 0 Å². The number of para-hydroxylation sites is 2. The number of hydrogen-bond donors (Lipinski definition) is 2. The Hall–Kier alpha value is -2.04. The Morgan fingerprint density at radius 2 is 1.81 bits per heavy atom. The first-order chi connectivity index (χ1) is 12.4. The van der Waals surface area contributed by atoms with Crippen molar-refractivity contribution in [1.29, 1.82) is 0 Å². The number of benzene rings is 1. The van der Waals surface area contributed by atoms with Crippen molar-refractivity contribution in [3.8, 4) is 5.75 Å². The lowest BCUT2D eigenvalue weighted by molar-refractivity contribution is -0.131. The van der Waals surface area contributed by atoms with Crippen LogP contribution in [0.5, 0.6) is 5.75 Å². The molecule has 5 nitrogen and oxygen atoms in total. The molecule has 0 heterocycles. The van der Waals surface area contributed by atoms with E-state index in [2.05, 4.69) is 17.6 Å². The first-order valence-electron chi connectivity index (χ1n) is 9.75. The zero-order valence-electron chi connectivity index (χ0n) is 16.4. The smallest absolute Gasteiger partial charge is 0.247 e. The second-order valence-corrected chi connectivity index (χ2v) is 7.61. The maximum absolute atomic E-state index is 12.8. The van der Waals surface area contributed by atoms with Crippen LogP contribution in [0.3, 0.4) is 0 Å². The summed E-state index contributed by atoms with van der Waals surface area (Å²) in [5.41, 5.74) is 0.630. The molecule has 5 heteroatoms. The number of hydrogen-bond acceptors (Lipinski definition) is 3. The van der Waals surface area contributed by atoms with E-state index < -0.39 is 6.04 Å². The predicted octanol–water partition coefficient (Wildman–Crippen LogP) is 3.99. The monoisotopic (exact) mass is 360 g/mol. The minimum Gasteiger partial charge on any atom is -0.492 e. The van der Waals surface area contributed by atoms with E-state index in [0.29, 0.717) is 24.0 Å². The number of ether oxygens (including phenoxy) is 1. The van der Waals surface area contributed by atoms with Crippen LogP contribution in [0.4, 0.5) is 5.69 Å². The van der Waals surface area contributed by atoms with E-state index in [0.717, 1.165) is 25.7 Å².